The van der Waals surface area contributed by atoms with Crippen LogP contribution in [-0.4, -0.2) is 37.2 Å². The highest BCUT2D eigenvalue weighted by atomic mass is 16.5. The first-order valence-electron chi connectivity index (χ1n) is 10.8. The standard InChI is InChI=1S/C23H39NO/c1-2-3-4-5-6-7-8-9-10-14-17-24-18-19-25-21-23(24)20-22-15-12-11-13-16-22/h11-13,15-16,23H,2-10,14,17-21H2,1H3. The fourth-order valence-corrected chi connectivity index (χ4v) is 3.86. The molecule has 1 atom stereocenters. The van der Waals surface area contributed by atoms with Gasteiger partial charge >= 0.3 is 0 Å². The van der Waals surface area contributed by atoms with Gasteiger partial charge in [-0.25, -0.2) is 0 Å². The Morgan fingerprint density at radius 2 is 1.52 bits per heavy atom. The van der Waals surface area contributed by atoms with Gasteiger partial charge in [0.2, 0.25) is 0 Å². The number of hydrogen-bond acceptors (Lipinski definition) is 2. The van der Waals surface area contributed by atoms with Crippen LogP contribution >= 0.6 is 0 Å². The molecule has 0 aliphatic carbocycles. The van der Waals surface area contributed by atoms with Crippen molar-refractivity contribution in [3.63, 3.8) is 0 Å². The van der Waals surface area contributed by atoms with Crippen molar-refractivity contribution >= 4 is 0 Å². The third-order valence-electron chi connectivity index (χ3n) is 5.46. The molecule has 2 nitrogen and oxygen atoms in total. The zero-order chi connectivity index (χ0) is 17.6. The van der Waals surface area contributed by atoms with E-state index in [1.807, 2.05) is 0 Å². The zero-order valence-corrected chi connectivity index (χ0v) is 16.4. The Morgan fingerprint density at radius 1 is 0.880 bits per heavy atom. The minimum absolute atomic E-state index is 0.565. The van der Waals surface area contributed by atoms with Crippen molar-refractivity contribution in [3.05, 3.63) is 35.9 Å². The number of nitrogens with zero attached hydrogens (tertiary/aromatic N) is 1. The first kappa shape index (κ1) is 20.5. The van der Waals surface area contributed by atoms with E-state index in [4.69, 9.17) is 4.74 Å². The third kappa shape index (κ3) is 8.87. The molecule has 0 spiro atoms. The summed E-state index contributed by atoms with van der Waals surface area (Å²) in [5.41, 5.74) is 1.44. The number of hydrogen-bond donors (Lipinski definition) is 0. The van der Waals surface area contributed by atoms with Crippen molar-refractivity contribution in [2.45, 2.75) is 83.6 Å². The van der Waals surface area contributed by atoms with E-state index in [9.17, 15) is 0 Å². The maximum absolute atomic E-state index is 5.74. The van der Waals surface area contributed by atoms with Gasteiger partial charge in [-0.2, -0.15) is 0 Å². The van der Waals surface area contributed by atoms with Gasteiger partial charge in [0.25, 0.3) is 0 Å². The summed E-state index contributed by atoms with van der Waals surface area (Å²) in [7, 11) is 0. The molecule has 25 heavy (non-hydrogen) atoms. The second-order valence-electron chi connectivity index (χ2n) is 7.64. The van der Waals surface area contributed by atoms with Gasteiger partial charge in [-0.1, -0.05) is 95.0 Å². The molecule has 0 aromatic heterocycles. The van der Waals surface area contributed by atoms with Crippen molar-refractivity contribution in [2.24, 2.45) is 0 Å². The van der Waals surface area contributed by atoms with Gasteiger partial charge in [-0.05, 0) is 24.9 Å². The summed E-state index contributed by atoms with van der Waals surface area (Å²) in [4.78, 5) is 2.67. The van der Waals surface area contributed by atoms with Crippen LogP contribution in [0.4, 0.5) is 0 Å². The predicted octanol–water partition coefficient (Wildman–Crippen LogP) is 5.85. The zero-order valence-electron chi connectivity index (χ0n) is 16.4. The quantitative estimate of drug-likeness (QED) is 0.416. The minimum atomic E-state index is 0.565. The topological polar surface area (TPSA) is 12.5 Å². The highest BCUT2D eigenvalue weighted by Gasteiger charge is 2.22. The molecule has 1 aliphatic rings. The highest BCUT2D eigenvalue weighted by molar-refractivity contribution is 5.16. The minimum Gasteiger partial charge on any atom is -0.378 e. The molecular weight excluding hydrogens is 306 g/mol. The van der Waals surface area contributed by atoms with E-state index in [1.165, 1.54) is 76.3 Å². The summed E-state index contributed by atoms with van der Waals surface area (Å²) >= 11 is 0. The Morgan fingerprint density at radius 3 is 2.20 bits per heavy atom. The lowest BCUT2D eigenvalue weighted by Crippen LogP contribution is -2.46. The Labute approximate surface area is 156 Å². The number of benzene rings is 1. The second-order valence-corrected chi connectivity index (χ2v) is 7.64. The first-order valence-corrected chi connectivity index (χ1v) is 10.8. The fraction of sp³-hybridized carbons (Fsp3) is 0.739. The summed E-state index contributed by atoms with van der Waals surface area (Å²) in [6.45, 7) is 6.45. The highest BCUT2D eigenvalue weighted by Crippen LogP contribution is 2.15. The van der Waals surface area contributed by atoms with Crippen molar-refractivity contribution in [1.29, 1.82) is 0 Å². The third-order valence-corrected chi connectivity index (χ3v) is 5.46. The summed E-state index contributed by atoms with van der Waals surface area (Å²) in [5.74, 6) is 0. The van der Waals surface area contributed by atoms with Crippen molar-refractivity contribution in [3.8, 4) is 0 Å². The van der Waals surface area contributed by atoms with Gasteiger partial charge in [0.1, 0.15) is 0 Å². The predicted molar refractivity (Wildman–Crippen MR) is 108 cm³/mol. The monoisotopic (exact) mass is 345 g/mol. The molecule has 1 fully saturated rings. The molecule has 2 rings (SSSR count). The van der Waals surface area contributed by atoms with Crippen molar-refractivity contribution in [2.75, 3.05) is 26.3 Å². The van der Waals surface area contributed by atoms with Gasteiger partial charge in [-0.3, -0.25) is 4.90 Å². The Kier molecular flexibility index (Phi) is 10.9. The van der Waals surface area contributed by atoms with Crippen LogP contribution < -0.4 is 0 Å². The van der Waals surface area contributed by atoms with E-state index in [0.29, 0.717) is 6.04 Å². The van der Waals surface area contributed by atoms with Gasteiger partial charge in [0.05, 0.1) is 13.2 Å². The number of rotatable bonds is 13. The molecule has 1 aromatic carbocycles. The molecule has 1 aliphatic heterocycles. The molecule has 1 aromatic rings. The van der Waals surface area contributed by atoms with Gasteiger partial charge in [0, 0.05) is 12.6 Å². The lowest BCUT2D eigenvalue weighted by molar-refractivity contribution is -0.00772. The number of unbranched alkanes of at least 4 members (excludes halogenated alkanes) is 9. The van der Waals surface area contributed by atoms with Crippen molar-refractivity contribution < 1.29 is 4.74 Å². The van der Waals surface area contributed by atoms with E-state index in [0.717, 1.165) is 26.2 Å². The second kappa shape index (κ2) is 13.4. The first-order chi connectivity index (χ1) is 12.4. The average molecular weight is 346 g/mol. The molecule has 0 bridgehead atoms. The van der Waals surface area contributed by atoms with Crippen LogP contribution in [0.1, 0.15) is 76.7 Å². The van der Waals surface area contributed by atoms with Gasteiger partial charge in [-0.15, -0.1) is 0 Å². The van der Waals surface area contributed by atoms with Crippen LogP contribution in [0.5, 0.6) is 0 Å². The summed E-state index contributed by atoms with van der Waals surface area (Å²) in [6, 6.07) is 11.4. The van der Waals surface area contributed by atoms with E-state index in [2.05, 4.69) is 42.2 Å². The Balaban J connectivity index is 1.54. The molecule has 1 saturated heterocycles. The smallest absolute Gasteiger partial charge is 0.0625 e. The van der Waals surface area contributed by atoms with E-state index >= 15 is 0 Å². The molecule has 1 heterocycles. The molecule has 2 heteroatoms. The molecule has 0 amide bonds. The molecule has 0 saturated carbocycles. The van der Waals surface area contributed by atoms with E-state index < -0.39 is 0 Å². The largest absolute Gasteiger partial charge is 0.378 e. The Bertz CT molecular complexity index is 419. The SMILES string of the molecule is CCCCCCCCCCCCN1CCOCC1Cc1ccccc1. The summed E-state index contributed by atoms with van der Waals surface area (Å²) in [6.07, 6.45) is 15.3. The molecule has 142 valence electrons. The normalized spacial score (nSPS) is 18.5. The maximum atomic E-state index is 5.74. The summed E-state index contributed by atoms with van der Waals surface area (Å²) < 4.78 is 5.74. The molecule has 0 radical (unpaired) electrons. The van der Waals surface area contributed by atoms with Gasteiger partial charge < -0.3 is 4.74 Å². The van der Waals surface area contributed by atoms with E-state index in [-0.39, 0.29) is 0 Å². The number of ether oxygens (including phenoxy) is 1. The maximum Gasteiger partial charge on any atom is 0.0625 e. The average Bonchev–Trinajstić information content (AvgIpc) is 2.65. The lowest BCUT2D eigenvalue weighted by atomic mass is 10.0. The molecular formula is C23H39NO. The lowest BCUT2D eigenvalue weighted by Gasteiger charge is -2.35. The van der Waals surface area contributed by atoms with Crippen LogP contribution in [0.2, 0.25) is 0 Å². The van der Waals surface area contributed by atoms with Crippen LogP contribution in [0, 0.1) is 0 Å². The van der Waals surface area contributed by atoms with Crippen molar-refractivity contribution in [1.82, 2.24) is 4.90 Å². The van der Waals surface area contributed by atoms with Crippen LogP contribution in [0.15, 0.2) is 30.3 Å². The molecule has 1 unspecified atom stereocenters. The fourth-order valence-electron chi connectivity index (χ4n) is 3.86. The van der Waals surface area contributed by atoms with Crippen LogP contribution in [0.3, 0.4) is 0 Å². The van der Waals surface area contributed by atoms with E-state index in [1.54, 1.807) is 0 Å². The van der Waals surface area contributed by atoms with Gasteiger partial charge in [0.15, 0.2) is 0 Å². The number of morpholine rings is 1. The van der Waals surface area contributed by atoms with Crippen LogP contribution in [0.25, 0.3) is 0 Å². The van der Waals surface area contributed by atoms with Crippen LogP contribution in [-0.2, 0) is 11.2 Å². The summed E-state index contributed by atoms with van der Waals surface area (Å²) in [5, 5.41) is 0. The Hall–Kier alpha value is -0.860. The molecule has 0 N–H and O–H groups in total.